The fourth-order valence-electron chi connectivity index (χ4n) is 8.79. The third kappa shape index (κ3) is 4.07. The van der Waals surface area contributed by atoms with Gasteiger partial charge in [-0.15, -0.1) is 11.3 Å². The van der Waals surface area contributed by atoms with Gasteiger partial charge in [0.25, 0.3) is 0 Å². The molecule has 0 amide bonds. The van der Waals surface area contributed by atoms with Crippen molar-refractivity contribution in [2.24, 2.45) is 0 Å². The van der Waals surface area contributed by atoms with Gasteiger partial charge in [0, 0.05) is 48.1 Å². The van der Waals surface area contributed by atoms with Crippen LogP contribution in [0.3, 0.4) is 0 Å². The van der Waals surface area contributed by atoms with Crippen molar-refractivity contribution in [3.63, 3.8) is 0 Å². The van der Waals surface area contributed by atoms with Crippen LogP contribution in [-0.4, -0.2) is 14.1 Å². The number of rotatable bonds is 3. The van der Waals surface area contributed by atoms with E-state index in [1.54, 1.807) is 0 Å². The Kier molecular flexibility index (Phi) is 5.93. The van der Waals surface area contributed by atoms with E-state index >= 15 is 0 Å². The van der Waals surface area contributed by atoms with E-state index < -0.39 is 0 Å². The Balaban J connectivity index is 1.30. The summed E-state index contributed by atoms with van der Waals surface area (Å²) in [7, 11) is 0. The van der Waals surface area contributed by atoms with E-state index in [-0.39, 0.29) is 0 Å². The lowest BCUT2D eigenvalue weighted by Crippen LogP contribution is -2.00. The summed E-state index contributed by atoms with van der Waals surface area (Å²) >= 11 is 1.89. The van der Waals surface area contributed by atoms with Gasteiger partial charge in [0.05, 0.1) is 32.3 Å². The van der Waals surface area contributed by atoms with Gasteiger partial charge in [0.2, 0.25) is 0 Å². The summed E-state index contributed by atoms with van der Waals surface area (Å²) in [5, 5.41) is 11.3. The molecular formula is C49H29N3S. The van der Waals surface area contributed by atoms with Gasteiger partial charge in [-0.3, -0.25) is 4.57 Å². The Hall–Kier alpha value is -6.75. The maximum Gasteiger partial charge on any atom is 0.138 e. The van der Waals surface area contributed by atoms with Gasteiger partial charge in [-0.05, 0) is 70.4 Å². The molecule has 4 heterocycles. The third-order valence-corrected chi connectivity index (χ3v) is 12.3. The van der Waals surface area contributed by atoms with Crippen molar-refractivity contribution in [2.75, 3.05) is 0 Å². The lowest BCUT2D eigenvalue weighted by molar-refractivity contribution is 1.11. The molecule has 0 aliphatic rings. The molecule has 0 spiro atoms. The molecule has 4 heteroatoms. The Labute approximate surface area is 308 Å². The highest BCUT2D eigenvalue weighted by atomic mass is 32.1. The first kappa shape index (κ1) is 28.9. The predicted molar refractivity (Wildman–Crippen MR) is 226 cm³/mol. The van der Waals surface area contributed by atoms with Gasteiger partial charge >= 0.3 is 0 Å². The zero-order valence-corrected chi connectivity index (χ0v) is 29.3. The first-order valence-electron chi connectivity index (χ1n) is 18.1. The maximum absolute atomic E-state index is 5.48. The van der Waals surface area contributed by atoms with E-state index in [1.165, 1.54) is 80.2 Å². The van der Waals surface area contributed by atoms with Crippen LogP contribution in [0.4, 0.5) is 0 Å². The molecule has 12 aromatic rings. The number of thiophene rings is 1. The number of pyridine rings is 1. The fourth-order valence-corrected chi connectivity index (χ4v) is 10.0. The van der Waals surface area contributed by atoms with Gasteiger partial charge in [-0.1, -0.05) is 127 Å². The molecule has 0 unspecified atom stereocenters. The van der Waals surface area contributed by atoms with E-state index in [9.17, 15) is 0 Å². The molecule has 53 heavy (non-hydrogen) atoms. The molecule has 0 atom stereocenters. The van der Waals surface area contributed by atoms with Crippen LogP contribution in [0.2, 0.25) is 0 Å². The molecular weight excluding hydrogens is 663 g/mol. The Morgan fingerprint density at radius 1 is 0.434 bits per heavy atom. The molecule has 0 bridgehead atoms. The molecule has 4 aromatic heterocycles. The van der Waals surface area contributed by atoms with Crippen LogP contribution in [0, 0.1) is 0 Å². The summed E-state index contributed by atoms with van der Waals surface area (Å²) in [6.07, 6.45) is 0. The predicted octanol–water partition coefficient (Wildman–Crippen LogP) is 13.6. The summed E-state index contributed by atoms with van der Waals surface area (Å²) in [6, 6.07) is 64.0. The largest absolute Gasteiger partial charge is 0.309 e. The van der Waals surface area contributed by atoms with E-state index in [2.05, 4.69) is 185 Å². The zero-order valence-electron chi connectivity index (χ0n) is 28.5. The van der Waals surface area contributed by atoms with Crippen LogP contribution in [0.1, 0.15) is 0 Å². The lowest BCUT2D eigenvalue weighted by atomic mass is 10.0. The SMILES string of the molecule is c1ccc(-c2cc(-n3c4cc5c(cc4c4ccc6c(sc7ccc8ccccc8c76)c43)c3ccccc3n5-c3ccccc3)nc3ccccc23)cc1. The highest BCUT2D eigenvalue weighted by Crippen LogP contribution is 2.47. The van der Waals surface area contributed by atoms with Crippen molar-refractivity contribution < 1.29 is 0 Å². The Bertz CT molecular complexity index is 3440. The Morgan fingerprint density at radius 3 is 1.98 bits per heavy atom. The zero-order chi connectivity index (χ0) is 34.6. The molecule has 0 radical (unpaired) electrons. The highest BCUT2D eigenvalue weighted by molar-refractivity contribution is 7.26. The van der Waals surface area contributed by atoms with Crippen molar-refractivity contribution in [1.82, 2.24) is 14.1 Å². The van der Waals surface area contributed by atoms with E-state index in [1.807, 2.05) is 11.3 Å². The second-order valence-electron chi connectivity index (χ2n) is 13.9. The summed E-state index contributed by atoms with van der Waals surface area (Å²) in [4.78, 5) is 5.48. The van der Waals surface area contributed by atoms with Crippen LogP contribution in [0.5, 0.6) is 0 Å². The fraction of sp³-hybridized carbons (Fsp3) is 0. The first-order chi connectivity index (χ1) is 26.3. The number of hydrogen-bond donors (Lipinski definition) is 0. The molecule has 12 rings (SSSR count). The van der Waals surface area contributed by atoms with Crippen molar-refractivity contribution >= 4 is 96.8 Å². The van der Waals surface area contributed by atoms with Crippen LogP contribution in [0.25, 0.3) is 108 Å². The summed E-state index contributed by atoms with van der Waals surface area (Å²) < 4.78 is 7.44. The smallest absolute Gasteiger partial charge is 0.138 e. The van der Waals surface area contributed by atoms with Gasteiger partial charge in [-0.2, -0.15) is 0 Å². The van der Waals surface area contributed by atoms with Crippen molar-refractivity contribution in [3.05, 3.63) is 176 Å². The van der Waals surface area contributed by atoms with Crippen LogP contribution in [0.15, 0.2) is 176 Å². The van der Waals surface area contributed by atoms with Crippen molar-refractivity contribution in [3.8, 4) is 22.6 Å². The highest BCUT2D eigenvalue weighted by Gasteiger charge is 2.23. The average Bonchev–Trinajstić information content (AvgIpc) is 3.88. The molecule has 3 nitrogen and oxygen atoms in total. The Morgan fingerprint density at radius 2 is 1.11 bits per heavy atom. The number of nitrogens with zero attached hydrogens (tertiary/aromatic N) is 3. The average molecular weight is 692 g/mol. The quantitative estimate of drug-likeness (QED) is 0.181. The number of para-hydroxylation sites is 3. The van der Waals surface area contributed by atoms with Crippen molar-refractivity contribution in [1.29, 1.82) is 0 Å². The second kappa shape index (κ2) is 10.9. The van der Waals surface area contributed by atoms with Gasteiger partial charge in [0.15, 0.2) is 0 Å². The summed E-state index contributed by atoms with van der Waals surface area (Å²) in [6.45, 7) is 0. The number of benzene rings is 8. The standard InChI is InChI=1S/C49H29N3S/c1-3-13-30(14-4-1)38-28-46(50-41-21-11-9-19-34(38)41)52-44-29-43-39(35-20-10-12-22-42(35)51(43)32-16-5-2-6-17-32)27-40(44)36-24-25-37-47-33-18-8-7-15-31(33)23-26-45(47)53-49(37)48(36)52/h1-29H. The minimum Gasteiger partial charge on any atom is -0.309 e. The van der Waals surface area contributed by atoms with Crippen LogP contribution in [-0.2, 0) is 0 Å². The topological polar surface area (TPSA) is 22.8 Å². The summed E-state index contributed by atoms with van der Waals surface area (Å²) in [5.74, 6) is 0.916. The molecule has 8 aromatic carbocycles. The van der Waals surface area contributed by atoms with Gasteiger partial charge < -0.3 is 4.57 Å². The minimum atomic E-state index is 0.916. The van der Waals surface area contributed by atoms with E-state index in [4.69, 9.17) is 4.98 Å². The summed E-state index contributed by atoms with van der Waals surface area (Å²) in [5.41, 5.74) is 9.20. The molecule has 0 N–H and O–H groups in total. The van der Waals surface area contributed by atoms with Crippen LogP contribution >= 0.6 is 11.3 Å². The van der Waals surface area contributed by atoms with E-state index in [0.29, 0.717) is 0 Å². The van der Waals surface area contributed by atoms with Gasteiger partial charge in [0.1, 0.15) is 5.82 Å². The molecule has 0 saturated carbocycles. The lowest BCUT2D eigenvalue weighted by Gasteiger charge is -2.13. The molecule has 246 valence electrons. The normalized spacial score (nSPS) is 12.2. The first-order valence-corrected chi connectivity index (χ1v) is 18.9. The van der Waals surface area contributed by atoms with Gasteiger partial charge in [-0.25, -0.2) is 4.98 Å². The minimum absolute atomic E-state index is 0.916. The number of hydrogen-bond acceptors (Lipinski definition) is 2. The third-order valence-electron chi connectivity index (χ3n) is 11.1. The molecule has 0 saturated heterocycles. The van der Waals surface area contributed by atoms with Crippen molar-refractivity contribution in [2.45, 2.75) is 0 Å². The number of aromatic nitrogens is 3. The molecule has 0 fully saturated rings. The maximum atomic E-state index is 5.48. The van der Waals surface area contributed by atoms with E-state index in [0.717, 1.165) is 27.9 Å². The monoisotopic (exact) mass is 691 g/mol. The molecule has 0 aliphatic heterocycles. The number of fused-ring (bicyclic) bond motifs is 13. The molecule has 0 aliphatic carbocycles. The second-order valence-corrected chi connectivity index (χ2v) is 15.0. The van der Waals surface area contributed by atoms with Crippen LogP contribution < -0.4 is 0 Å².